The molecule has 0 spiro atoms. The zero-order valence-corrected chi connectivity index (χ0v) is 23.7. The zero-order chi connectivity index (χ0) is 27.8. The molecule has 1 aliphatic rings. The molecular weight excluding hydrogens is 492 g/mol. The van der Waals surface area contributed by atoms with Crippen molar-refractivity contribution < 1.29 is 23.7 Å². The second-order valence-electron chi connectivity index (χ2n) is 9.76. The molecule has 1 N–H and O–H groups in total. The van der Waals surface area contributed by atoms with Crippen LogP contribution in [0.2, 0.25) is 0 Å². The third kappa shape index (κ3) is 6.31. The van der Waals surface area contributed by atoms with Crippen LogP contribution in [0.15, 0.2) is 60.7 Å². The summed E-state index contributed by atoms with van der Waals surface area (Å²) in [4.78, 5) is 16.1. The van der Waals surface area contributed by atoms with Gasteiger partial charge >= 0.3 is 0 Å². The van der Waals surface area contributed by atoms with Crippen molar-refractivity contribution in [3.8, 4) is 23.0 Å². The number of amides is 1. The van der Waals surface area contributed by atoms with Gasteiger partial charge in [-0.2, -0.15) is 0 Å². The molecule has 7 heteroatoms. The number of carbonyl (C=O) groups excluding carboxylic acids is 1. The number of hydrogen-bond acceptors (Lipinski definition) is 6. The summed E-state index contributed by atoms with van der Waals surface area (Å²) < 4.78 is 22.4. The number of ether oxygens (including phenoxy) is 4. The van der Waals surface area contributed by atoms with Crippen molar-refractivity contribution in [3.05, 3.63) is 82.9 Å². The molecule has 1 heterocycles. The van der Waals surface area contributed by atoms with E-state index in [1.165, 1.54) is 5.56 Å². The van der Waals surface area contributed by atoms with Gasteiger partial charge in [0.2, 0.25) is 5.91 Å². The van der Waals surface area contributed by atoms with Crippen LogP contribution in [-0.2, 0) is 17.6 Å². The molecule has 0 aliphatic carbocycles. The van der Waals surface area contributed by atoms with Crippen LogP contribution in [0.5, 0.6) is 23.0 Å². The van der Waals surface area contributed by atoms with Gasteiger partial charge in [-0.15, -0.1) is 0 Å². The van der Waals surface area contributed by atoms with Gasteiger partial charge in [0, 0.05) is 19.1 Å². The molecule has 3 aromatic rings. The number of fused-ring (bicyclic) bond motifs is 1. The minimum Gasteiger partial charge on any atom is -0.493 e. The van der Waals surface area contributed by atoms with E-state index in [0.29, 0.717) is 36.0 Å². The van der Waals surface area contributed by atoms with Crippen LogP contribution in [0.25, 0.3) is 0 Å². The molecule has 1 aliphatic heterocycles. The highest BCUT2D eigenvalue weighted by Crippen LogP contribution is 2.43. The van der Waals surface area contributed by atoms with Crippen molar-refractivity contribution in [3.63, 3.8) is 0 Å². The molecule has 0 saturated carbocycles. The Labute approximate surface area is 232 Å². The Morgan fingerprint density at radius 2 is 1.56 bits per heavy atom. The highest BCUT2D eigenvalue weighted by Gasteiger charge is 2.37. The number of benzene rings is 3. The number of unbranched alkanes of at least 4 members (excludes halogenated alkanes) is 1. The Hall–Kier alpha value is -3.71. The Bertz CT molecular complexity index is 1250. The van der Waals surface area contributed by atoms with Gasteiger partial charge in [-0.25, -0.2) is 0 Å². The van der Waals surface area contributed by atoms with Crippen molar-refractivity contribution in [2.24, 2.45) is 0 Å². The molecule has 3 aromatic carbocycles. The lowest BCUT2D eigenvalue weighted by Crippen LogP contribution is -2.46. The molecule has 39 heavy (non-hydrogen) atoms. The number of nitrogens with one attached hydrogen (secondary N) is 1. The second kappa shape index (κ2) is 13.4. The van der Waals surface area contributed by atoms with Crippen molar-refractivity contribution >= 4 is 5.91 Å². The van der Waals surface area contributed by atoms with E-state index in [1.54, 1.807) is 28.4 Å². The summed E-state index contributed by atoms with van der Waals surface area (Å²) in [6.07, 6.45) is 3.44. The SMILES string of the molecule is CCCCNC(=O)[C@@H](c1ccccc1)N1CCc2cc(OC)c(OC)cc2[C@@H]1Cc1ccc(OC)c(OC)c1. The molecular formula is C32H40N2O5. The first kappa shape index (κ1) is 28.3. The van der Waals surface area contributed by atoms with Crippen LogP contribution in [0.3, 0.4) is 0 Å². The van der Waals surface area contributed by atoms with Crippen LogP contribution in [0, 0.1) is 0 Å². The average Bonchev–Trinajstić information content (AvgIpc) is 2.98. The number of nitrogens with zero attached hydrogens (tertiary/aromatic N) is 1. The van der Waals surface area contributed by atoms with E-state index in [2.05, 4.69) is 35.3 Å². The molecule has 1 amide bonds. The summed E-state index contributed by atoms with van der Waals surface area (Å²) in [5.41, 5.74) is 4.40. The molecule has 208 valence electrons. The predicted octanol–water partition coefficient (Wildman–Crippen LogP) is 5.52. The largest absolute Gasteiger partial charge is 0.493 e. The fourth-order valence-corrected chi connectivity index (χ4v) is 5.43. The molecule has 0 radical (unpaired) electrons. The smallest absolute Gasteiger partial charge is 0.241 e. The molecule has 0 bridgehead atoms. The van der Waals surface area contributed by atoms with Crippen LogP contribution in [-0.4, -0.2) is 52.3 Å². The summed E-state index contributed by atoms with van der Waals surface area (Å²) in [6.45, 7) is 3.51. The fraction of sp³-hybridized carbons (Fsp3) is 0.406. The minimum atomic E-state index is -0.436. The van der Waals surface area contributed by atoms with Gasteiger partial charge < -0.3 is 24.3 Å². The third-order valence-electron chi connectivity index (χ3n) is 7.45. The maximum Gasteiger partial charge on any atom is 0.241 e. The Morgan fingerprint density at radius 1 is 0.897 bits per heavy atom. The lowest BCUT2D eigenvalue weighted by molar-refractivity contribution is -0.128. The van der Waals surface area contributed by atoms with Crippen LogP contribution < -0.4 is 24.3 Å². The lowest BCUT2D eigenvalue weighted by Gasteiger charge is -2.42. The van der Waals surface area contributed by atoms with E-state index in [9.17, 15) is 4.79 Å². The summed E-state index contributed by atoms with van der Waals surface area (Å²) in [7, 11) is 6.60. The van der Waals surface area contributed by atoms with E-state index >= 15 is 0 Å². The number of methoxy groups -OCH3 is 4. The fourth-order valence-electron chi connectivity index (χ4n) is 5.43. The topological polar surface area (TPSA) is 69.3 Å². The van der Waals surface area contributed by atoms with E-state index in [4.69, 9.17) is 18.9 Å². The number of rotatable bonds is 12. The molecule has 4 rings (SSSR count). The normalized spacial score (nSPS) is 15.7. The van der Waals surface area contributed by atoms with E-state index in [-0.39, 0.29) is 11.9 Å². The summed E-state index contributed by atoms with van der Waals surface area (Å²) >= 11 is 0. The summed E-state index contributed by atoms with van der Waals surface area (Å²) in [5, 5.41) is 3.20. The van der Waals surface area contributed by atoms with Crippen molar-refractivity contribution in [1.29, 1.82) is 0 Å². The van der Waals surface area contributed by atoms with Gasteiger partial charge in [-0.3, -0.25) is 9.69 Å². The van der Waals surface area contributed by atoms with Crippen molar-refractivity contribution in [2.45, 2.75) is 44.7 Å². The van der Waals surface area contributed by atoms with E-state index in [0.717, 1.165) is 42.5 Å². The van der Waals surface area contributed by atoms with Crippen molar-refractivity contribution in [2.75, 3.05) is 41.5 Å². The van der Waals surface area contributed by atoms with Crippen LogP contribution >= 0.6 is 0 Å². The molecule has 0 fully saturated rings. The van der Waals surface area contributed by atoms with Gasteiger partial charge in [-0.1, -0.05) is 49.7 Å². The predicted molar refractivity (Wildman–Crippen MR) is 153 cm³/mol. The first-order chi connectivity index (χ1) is 19.0. The monoisotopic (exact) mass is 532 g/mol. The first-order valence-corrected chi connectivity index (χ1v) is 13.6. The van der Waals surface area contributed by atoms with Gasteiger partial charge in [0.25, 0.3) is 0 Å². The highest BCUT2D eigenvalue weighted by molar-refractivity contribution is 5.83. The molecule has 7 nitrogen and oxygen atoms in total. The van der Waals surface area contributed by atoms with E-state index < -0.39 is 6.04 Å². The van der Waals surface area contributed by atoms with Gasteiger partial charge in [-0.05, 0) is 65.8 Å². The van der Waals surface area contributed by atoms with Gasteiger partial charge in [0.05, 0.1) is 28.4 Å². The average molecular weight is 533 g/mol. The maximum absolute atomic E-state index is 13.8. The highest BCUT2D eigenvalue weighted by atomic mass is 16.5. The molecule has 0 aromatic heterocycles. The Morgan fingerprint density at radius 3 is 2.23 bits per heavy atom. The Balaban J connectivity index is 1.81. The van der Waals surface area contributed by atoms with Crippen LogP contribution in [0.4, 0.5) is 0 Å². The van der Waals surface area contributed by atoms with Crippen LogP contribution in [0.1, 0.15) is 54.1 Å². The third-order valence-corrected chi connectivity index (χ3v) is 7.45. The summed E-state index contributed by atoms with van der Waals surface area (Å²) in [5.74, 6) is 2.79. The first-order valence-electron chi connectivity index (χ1n) is 13.6. The summed E-state index contributed by atoms with van der Waals surface area (Å²) in [6, 6.07) is 19.7. The molecule has 0 saturated heterocycles. The molecule has 2 atom stereocenters. The van der Waals surface area contributed by atoms with Gasteiger partial charge in [0.1, 0.15) is 6.04 Å². The Kier molecular flexibility index (Phi) is 9.71. The quantitative estimate of drug-likeness (QED) is 0.310. The maximum atomic E-state index is 13.8. The zero-order valence-electron chi connectivity index (χ0n) is 23.7. The van der Waals surface area contributed by atoms with Crippen molar-refractivity contribution in [1.82, 2.24) is 10.2 Å². The minimum absolute atomic E-state index is 0.0240. The van der Waals surface area contributed by atoms with Gasteiger partial charge in [0.15, 0.2) is 23.0 Å². The second-order valence-corrected chi connectivity index (χ2v) is 9.76. The number of hydrogen-bond donors (Lipinski definition) is 1. The lowest BCUT2D eigenvalue weighted by atomic mass is 9.86. The standard InChI is InChI=1S/C32H40N2O5/c1-6-7-16-33-32(35)31(23-11-9-8-10-12-23)34-17-15-24-20-29(38-4)30(39-5)21-25(24)26(34)18-22-13-14-27(36-2)28(19-22)37-3/h8-14,19-21,26,31H,6-7,15-18H2,1-5H3,(H,33,35)/t26-,31+/m0/s1. The molecule has 0 unspecified atom stereocenters. The van der Waals surface area contributed by atoms with E-state index in [1.807, 2.05) is 42.5 Å². The number of carbonyl (C=O) groups is 1.